The number of aromatic nitrogens is 1. The van der Waals surface area contributed by atoms with E-state index < -0.39 is 29.4 Å². The van der Waals surface area contributed by atoms with Gasteiger partial charge in [-0.25, -0.2) is 4.79 Å². The van der Waals surface area contributed by atoms with Crippen LogP contribution in [0.5, 0.6) is 0 Å². The van der Waals surface area contributed by atoms with Gasteiger partial charge in [0, 0.05) is 41.1 Å². The summed E-state index contributed by atoms with van der Waals surface area (Å²) in [5.74, 6) is -3.07. The maximum Gasteiger partial charge on any atom is 0.331 e. The summed E-state index contributed by atoms with van der Waals surface area (Å²) in [5, 5.41) is 14.8. The molecule has 2 aromatic carbocycles. The fourth-order valence-corrected chi connectivity index (χ4v) is 4.10. The molecule has 224 valence electrons. The van der Waals surface area contributed by atoms with Crippen LogP contribution in [-0.4, -0.2) is 58.4 Å². The maximum atomic E-state index is 12.9. The summed E-state index contributed by atoms with van der Waals surface area (Å²) in [4.78, 5) is 59.2. The van der Waals surface area contributed by atoms with E-state index in [1.54, 1.807) is 86.6 Å². The molecule has 0 radical (unpaired) electrons. The molecule has 1 N–H and O–H groups in total. The molecule has 0 aliphatic rings. The van der Waals surface area contributed by atoms with Gasteiger partial charge >= 0.3 is 17.9 Å². The largest absolute Gasteiger partial charge is 0.621 e. The molecule has 0 aliphatic carbocycles. The van der Waals surface area contributed by atoms with Gasteiger partial charge < -0.3 is 24.7 Å². The number of hydrogen-bond acceptors (Lipinski definition) is 8. The number of hydrogen-bond donors (Lipinski definition) is 1. The van der Waals surface area contributed by atoms with Crippen molar-refractivity contribution < 1.29 is 50.2 Å². The van der Waals surface area contributed by atoms with E-state index in [1.165, 1.54) is 6.20 Å². The second kappa shape index (κ2) is 16.8. The number of ether oxygens (including phenoxy) is 2. The Morgan fingerprint density at radius 3 is 1.95 bits per heavy atom. The van der Waals surface area contributed by atoms with Gasteiger partial charge in [0.25, 0.3) is 0 Å². The molecule has 0 saturated heterocycles. The fourth-order valence-electron chi connectivity index (χ4n) is 4.10. The van der Waals surface area contributed by atoms with E-state index in [0.29, 0.717) is 11.1 Å². The van der Waals surface area contributed by atoms with Gasteiger partial charge in [-0.15, -0.1) is 5.69 Å². The fraction of sp³-hybridized carbons (Fsp3) is 0.290. The van der Waals surface area contributed by atoms with Gasteiger partial charge in [0.05, 0.1) is 24.6 Å². The van der Waals surface area contributed by atoms with E-state index in [-0.39, 0.29) is 72.5 Å². The first-order chi connectivity index (χ1) is 19.8. The normalized spacial score (nSPS) is 11.1. The Kier molecular flexibility index (Phi) is 13.5. The van der Waals surface area contributed by atoms with Crippen LogP contribution in [0.4, 0.5) is 5.69 Å². The Labute approximate surface area is 254 Å². The molecule has 3 aromatic rings. The van der Waals surface area contributed by atoms with Gasteiger partial charge in [0.1, 0.15) is 5.91 Å². The quantitative estimate of drug-likeness (QED) is 0.146. The first kappa shape index (κ1) is 33.8. The summed E-state index contributed by atoms with van der Waals surface area (Å²) in [7, 11) is 0. The van der Waals surface area contributed by atoms with Crippen LogP contribution in [0, 0.1) is 0 Å². The Morgan fingerprint density at radius 2 is 1.40 bits per heavy atom. The molecule has 0 atom stereocenters. The van der Waals surface area contributed by atoms with Gasteiger partial charge in [-0.3, -0.25) is 19.6 Å². The minimum absolute atomic E-state index is 0. The number of carbonyl (C=O) groups excluding carboxylic acids is 3. The summed E-state index contributed by atoms with van der Waals surface area (Å²) < 4.78 is 10.1. The summed E-state index contributed by atoms with van der Waals surface area (Å²) in [6, 6.07) is 20.4. The van der Waals surface area contributed by atoms with E-state index in [0.717, 1.165) is 0 Å². The third kappa shape index (κ3) is 9.34. The smallest absolute Gasteiger partial charge is 0.331 e. The molecule has 0 saturated carbocycles. The van der Waals surface area contributed by atoms with E-state index in [9.17, 15) is 24.3 Å². The van der Waals surface area contributed by atoms with Gasteiger partial charge in [-0.1, -0.05) is 60.7 Å². The molecule has 0 aliphatic heterocycles. The van der Waals surface area contributed by atoms with Crippen molar-refractivity contribution in [1.29, 1.82) is 0 Å². The van der Waals surface area contributed by atoms with E-state index >= 15 is 0 Å². The van der Waals surface area contributed by atoms with Crippen LogP contribution in [0.25, 0.3) is 5.32 Å². The minimum atomic E-state index is -1.90. The number of aliphatic imine (C=N–C) groups is 1. The first-order valence-electron chi connectivity index (χ1n) is 13.3. The Hall–Kier alpha value is -4.37. The number of amides is 1. The maximum absolute atomic E-state index is 12.9. The number of aliphatic carboxylic acids is 1. The van der Waals surface area contributed by atoms with Gasteiger partial charge in [0.15, 0.2) is 5.54 Å². The standard InChI is InChI=1S/C31H33N3O7.Ni/c1-3-40-26(35)17-19-31(30(38)39,20-18-27(36)41-4-2)34-28(22-12-6-5-7-13-22)23-14-8-9-15-24(23)33-29(37)25-16-10-11-21-32-25;/h5-16,21H,3-4,17-20H2,1-2H3,(H2,33,34,37,38,39);/p-1. The van der Waals surface area contributed by atoms with Crippen molar-refractivity contribution in [1.82, 2.24) is 4.98 Å². The van der Waals surface area contributed by atoms with Gasteiger partial charge in [-0.2, -0.15) is 0 Å². The van der Waals surface area contributed by atoms with Crippen LogP contribution in [0.2, 0.25) is 0 Å². The van der Waals surface area contributed by atoms with E-state index in [4.69, 9.17) is 14.5 Å². The molecule has 0 spiro atoms. The van der Waals surface area contributed by atoms with Crippen molar-refractivity contribution in [3.63, 3.8) is 0 Å². The van der Waals surface area contributed by atoms with Gasteiger partial charge in [0.2, 0.25) is 0 Å². The number of carboxylic acids is 1. The number of carbonyl (C=O) groups is 4. The zero-order chi connectivity index (χ0) is 29.7. The molecule has 0 fully saturated rings. The van der Waals surface area contributed by atoms with Crippen molar-refractivity contribution in [3.8, 4) is 0 Å². The second-order valence-electron chi connectivity index (χ2n) is 8.92. The molecular weight excluding hydrogens is 585 g/mol. The molecule has 42 heavy (non-hydrogen) atoms. The first-order valence-corrected chi connectivity index (χ1v) is 13.3. The van der Waals surface area contributed by atoms with E-state index in [1.807, 2.05) is 0 Å². The van der Waals surface area contributed by atoms with Crippen LogP contribution >= 0.6 is 0 Å². The van der Waals surface area contributed by atoms with Crippen LogP contribution in [0.15, 0.2) is 84.0 Å². The number of rotatable bonds is 14. The molecule has 1 aromatic heterocycles. The number of pyridine rings is 1. The number of para-hydroxylation sites is 1. The van der Waals surface area contributed by atoms with Crippen LogP contribution in [-0.2, 0) is 40.3 Å². The molecule has 0 unspecified atom stereocenters. The zero-order valence-corrected chi connectivity index (χ0v) is 24.3. The van der Waals surface area contributed by atoms with Crippen LogP contribution in [0.3, 0.4) is 0 Å². The summed E-state index contributed by atoms with van der Waals surface area (Å²) >= 11 is 0. The van der Waals surface area contributed by atoms with Crippen molar-refractivity contribution >= 4 is 35.2 Å². The molecule has 1 amide bonds. The summed E-state index contributed by atoms with van der Waals surface area (Å²) in [6.45, 7) is 3.59. The molecule has 1 heterocycles. The molecule has 11 heteroatoms. The number of benzene rings is 2. The second-order valence-corrected chi connectivity index (χ2v) is 8.92. The van der Waals surface area contributed by atoms with E-state index in [2.05, 4.69) is 10.3 Å². The number of carboxylic acid groups (broad SMARTS) is 1. The third-order valence-electron chi connectivity index (χ3n) is 6.13. The molecule has 3 rings (SSSR count). The van der Waals surface area contributed by atoms with Crippen molar-refractivity contribution in [2.24, 2.45) is 4.99 Å². The van der Waals surface area contributed by atoms with Crippen molar-refractivity contribution in [2.45, 2.75) is 45.1 Å². The average Bonchev–Trinajstić information content (AvgIpc) is 2.98. The van der Waals surface area contributed by atoms with Crippen LogP contribution in [0.1, 0.15) is 61.1 Å². The Balaban J connectivity index is 0.00000616. The predicted molar refractivity (Wildman–Crippen MR) is 152 cm³/mol. The minimum Gasteiger partial charge on any atom is -0.621 e. The number of esters is 2. The number of nitrogens with zero attached hydrogens (tertiary/aromatic N) is 3. The zero-order valence-electron chi connectivity index (χ0n) is 23.3. The third-order valence-corrected chi connectivity index (χ3v) is 6.13. The summed E-state index contributed by atoms with van der Waals surface area (Å²) in [5.41, 5.74) is -0.332. The average molecular weight is 617 g/mol. The Morgan fingerprint density at radius 1 is 0.833 bits per heavy atom. The summed E-state index contributed by atoms with van der Waals surface area (Å²) in [6.07, 6.45) is 0.545. The topological polar surface area (TPSA) is 146 Å². The van der Waals surface area contributed by atoms with Gasteiger partial charge in [-0.05, 0) is 44.4 Å². The monoisotopic (exact) mass is 616 g/mol. The van der Waals surface area contributed by atoms with Crippen molar-refractivity contribution in [3.05, 3.63) is 101 Å². The Bertz CT molecular complexity index is 1360. The van der Waals surface area contributed by atoms with Crippen molar-refractivity contribution in [2.75, 3.05) is 13.2 Å². The SMILES string of the molecule is CCOC(=O)CCC(CCC(=O)OCC)(N=C(c1ccccc1)c1ccccc1[N-]C(=O)c1ccccn1)C(=O)O.[Ni]. The molecule has 0 bridgehead atoms. The van der Waals surface area contributed by atoms with Crippen LogP contribution < -0.4 is 0 Å². The molecular formula is C31H32N3NiO7-. The predicted octanol–water partition coefficient (Wildman–Crippen LogP) is 5.27. The molecule has 10 nitrogen and oxygen atoms in total.